The van der Waals surface area contributed by atoms with Gasteiger partial charge in [0, 0.05) is 18.7 Å². The number of morpholine rings is 1. The van der Waals surface area contributed by atoms with Gasteiger partial charge < -0.3 is 19.1 Å². The molecule has 1 fully saturated rings. The molecule has 7 nitrogen and oxygen atoms in total. The Morgan fingerprint density at radius 3 is 2.17 bits per heavy atom. The van der Waals surface area contributed by atoms with Crippen LogP contribution in [0.2, 0.25) is 0 Å². The monoisotopic (exact) mass is 395 g/mol. The van der Waals surface area contributed by atoms with Crippen LogP contribution in [-0.2, 0) is 9.47 Å². The number of carbonyl (C=O) groups excluding carboxylic acids is 3. The van der Waals surface area contributed by atoms with E-state index in [0.29, 0.717) is 43.2 Å². The Morgan fingerprint density at radius 1 is 0.931 bits per heavy atom. The highest BCUT2D eigenvalue weighted by Gasteiger charge is 2.18. The van der Waals surface area contributed by atoms with Crippen LogP contribution in [-0.4, -0.2) is 56.2 Å². The van der Waals surface area contributed by atoms with Gasteiger partial charge in [-0.3, -0.25) is 4.79 Å². The highest BCUT2D eigenvalue weighted by molar-refractivity contribution is 6.06. The fraction of sp³-hybridized carbons (Fsp3) is 0.227. The molecule has 0 radical (unpaired) electrons. The summed E-state index contributed by atoms with van der Waals surface area (Å²) in [6.07, 6.45) is 2.68. The molecule has 1 aliphatic rings. The van der Waals surface area contributed by atoms with E-state index in [1.807, 2.05) is 0 Å². The normalized spacial score (nSPS) is 13.9. The predicted octanol–water partition coefficient (Wildman–Crippen LogP) is 3.20. The maximum Gasteiger partial charge on any atom is 0.415 e. The van der Waals surface area contributed by atoms with Crippen LogP contribution in [0.1, 0.15) is 26.3 Å². The van der Waals surface area contributed by atoms with Crippen molar-refractivity contribution in [2.75, 3.05) is 33.4 Å². The third-order valence-corrected chi connectivity index (χ3v) is 4.37. The van der Waals surface area contributed by atoms with Crippen molar-refractivity contribution >= 4 is 23.9 Å². The van der Waals surface area contributed by atoms with E-state index in [-0.39, 0.29) is 5.78 Å². The molecule has 7 heteroatoms. The third kappa shape index (κ3) is 5.52. The zero-order chi connectivity index (χ0) is 20.6. The Kier molecular flexibility index (Phi) is 6.76. The molecule has 0 bridgehead atoms. The van der Waals surface area contributed by atoms with Crippen LogP contribution >= 0.6 is 0 Å². The minimum Gasteiger partial charge on any atom is -0.465 e. The summed E-state index contributed by atoms with van der Waals surface area (Å²) in [4.78, 5) is 37.4. The van der Waals surface area contributed by atoms with E-state index in [4.69, 9.17) is 9.47 Å². The number of carbonyl (C=O) groups is 3. The molecule has 0 spiro atoms. The molecule has 0 saturated carbocycles. The van der Waals surface area contributed by atoms with Crippen molar-refractivity contribution in [2.45, 2.75) is 0 Å². The van der Waals surface area contributed by atoms with Crippen LogP contribution in [0.3, 0.4) is 0 Å². The number of benzene rings is 2. The van der Waals surface area contributed by atoms with Crippen molar-refractivity contribution in [3.8, 4) is 5.75 Å². The summed E-state index contributed by atoms with van der Waals surface area (Å²) < 4.78 is 15.2. The molecule has 29 heavy (non-hydrogen) atoms. The van der Waals surface area contributed by atoms with Gasteiger partial charge in [-0.2, -0.15) is 0 Å². The van der Waals surface area contributed by atoms with E-state index in [0.717, 1.165) is 5.56 Å². The van der Waals surface area contributed by atoms with Gasteiger partial charge in [0.15, 0.2) is 5.78 Å². The molecule has 1 aliphatic heterocycles. The zero-order valence-electron chi connectivity index (χ0n) is 16.0. The molecule has 0 aromatic heterocycles. The van der Waals surface area contributed by atoms with Crippen LogP contribution in [0, 0.1) is 0 Å². The smallest absolute Gasteiger partial charge is 0.415 e. The van der Waals surface area contributed by atoms with Crippen molar-refractivity contribution in [3.05, 3.63) is 71.3 Å². The van der Waals surface area contributed by atoms with E-state index in [1.54, 1.807) is 59.5 Å². The maximum absolute atomic E-state index is 12.3. The third-order valence-electron chi connectivity index (χ3n) is 4.37. The second-order valence-corrected chi connectivity index (χ2v) is 6.30. The summed E-state index contributed by atoms with van der Waals surface area (Å²) in [5, 5.41) is 0. The summed E-state index contributed by atoms with van der Waals surface area (Å²) in [6, 6.07) is 13.1. The molecular weight excluding hydrogens is 374 g/mol. The van der Waals surface area contributed by atoms with Gasteiger partial charge in [0.25, 0.3) is 0 Å². The number of hydrogen-bond acceptors (Lipinski definition) is 6. The zero-order valence-corrected chi connectivity index (χ0v) is 16.0. The summed E-state index contributed by atoms with van der Waals surface area (Å²) in [5.41, 5.74) is 1.69. The first kappa shape index (κ1) is 20.3. The van der Waals surface area contributed by atoms with Gasteiger partial charge in [0.1, 0.15) is 5.75 Å². The van der Waals surface area contributed by atoms with Crippen molar-refractivity contribution in [1.29, 1.82) is 0 Å². The average molecular weight is 395 g/mol. The summed E-state index contributed by atoms with van der Waals surface area (Å²) in [6.45, 7) is 2.00. The van der Waals surface area contributed by atoms with Crippen LogP contribution in [0.15, 0.2) is 54.6 Å². The van der Waals surface area contributed by atoms with Crippen molar-refractivity contribution in [3.63, 3.8) is 0 Å². The number of ketones is 1. The first-order valence-electron chi connectivity index (χ1n) is 9.12. The van der Waals surface area contributed by atoms with Crippen LogP contribution in [0.5, 0.6) is 5.75 Å². The quantitative estimate of drug-likeness (QED) is 0.439. The number of hydrogen-bond donors (Lipinski definition) is 0. The van der Waals surface area contributed by atoms with E-state index < -0.39 is 12.1 Å². The summed E-state index contributed by atoms with van der Waals surface area (Å²) in [5.74, 6) is -0.223. The molecule has 1 heterocycles. The van der Waals surface area contributed by atoms with Crippen LogP contribution < -0.4 is 4.74 Å². The van der Waals surface area contributed by atoms with Gasteiger partial charge in [-0.25, -0.2) is 9.59 Å². The fourth-order valence-electron chi connectivity index (χ4n) is 2.71. The van der Waals surface area contributed by atoms with Crippen LogP contribution in [0.25, 0.3) is 6.08 Å². The number of allylic oxidation sites excluding steroid dienone is 1. The summed E-state index contributed by atoms with van der Waals surface area (Å²) >= 11 is 0. The number of nitrogens with zero attached hydrogens (tertiary/aromatic N) is 1. The number of esters is 1. The minimum atomic E-state index is -0.428. The van der Waals surface area contributed by atoms with Gasteiger partial charge in [-0.1, -0.05) is 18.2 Å². The predicted molar refractivity (Wildman–Crippen MR) is 106 cm³/mol. The SMILES string of the molecule is COC(=O)c1ccc(/C=C/C(=O)c2ccc(OC(=O)N3CCOCC3)cc2)cc1. The second-order valence-electron chi connectivity index (χ2n) is 6.30. The highest BCUT2D eigenvalue weighted by Crippen LogP contribution is 2.15. The second kappa shape index (κ2) is 9.66. The molecule has 1 saturated heterocycles. The highest BCUT2D eigenvalue weighted by atomic mass is 16.6. The van der Waals surface area contributed by atoms with Gasteiger partial charge in [-0.15, -0.1) is 0 Å². The minimum absolute atomic E-state index is 0.187. The Balaban J connectivity index is 1.57. The topological polar surface area (TPSA) is 82.1 Å². The Morgan fingerprint density at radius 2 is 1.55 bits per heavy atom. The molecule has 0 aliphatic carbocycles. The van der Waals surface area contributed by atoms with E-state index in [2.05, 4.69) is 4.74 Å². The Labute approximate surface area is 168 Å². The first-order valence-corrected chi connectivity index (χ1v) is 9.12. The molecule has 3 rings (SSSR count). The Hall–Kier alpha value is -3.45. The van der Waals surface area contributed by atoms with E-state index in [1.165, 1.54) is 13.2 Å². The summed E-state index contributed by atoms with van der Waals surface area (Å²) in [7, 11) is 1.32. The van der Waals surface area contributed by atoms with Gasteiger partial charge in [-0.05, 0) is 48.0 Å². The van der Waals surface area contributed by atoms with Crippen molar-refractivity contribution in [1.82, 2.24) is 4.90 Å². The molecule has 2 aromatic carbocycles. The van der Waals surface area contributed by atoms with Gasteiger partial charge in [0.05, 0.1) is 25.9 Å². The number of methoxy groups -OCH3 is 1. The fourth-order valence-corrected chi connectivity index (χ4v) is 2.71. The molecular formula is C22H21NO6. The van der Waals surface area contributed by atoms with E-state index in [9.17, 15) is 14.4 Å². The van der Waals surface area contributed by atoms with Crippen molar-refractivity contribution in [2.24, 2.45) is 0 Å². The average Bonchev–Trinajstić information content (AvgIpc) is 2.78. The van der Waals surface area contributed by atoms with E-state index >= 15 is 0 Å². The maximum atomic E-state index is 12.3. The largest absolute Gasteiger partial charge is 0.465 e. The lowest BCUT2D eigenvalue weighted by molar-refractivity contribution is 0.0416. The lowest BCUT2D eigenvalue weighted by atomic mass is 10.1. The van der Waals surface area contributed by atoms with Gasteiger partial charge in [0.2, 0.25) is 0 Å². The lowest BCUT2D eigenvalue weighted by Gasteiger charge is -2.25. The molecule has 1 amide bonds. The molecule has 0 unspecified atom stereocenters. The standard InChI is InChI=1S/C22H21NO6/c1-27-21(25)18-5-2-16(3-6-18)4-11-20(24)17-7-9-19(10-8-17)29-22(26)23-12-14-28-15-13-23/h2-11H,12-15H2,1H3/b11-4+. The van der Waals surface area contributed by atoms with Crippen LogP contribution in [0.4, 0.5) is 4.79 Å². The van der Waals surface area contributed by atoms with Gasteiger partial charge >= 0.3 is 12.1 Å². The molecule has 150 valence electrons. The molecule has 0 N–H and O–H groups in total. The number of ether oxygens (including phenoxy) is 3. The molecule has 0 atom stereocenters. The number of amides is 1. The lowest BCUT2D eigenvalue weighted by Crippen LogP contribution is -2.42. The van der Waals surface area contributed by atoms with Crippen molar-refractivity contribution < 1.29 is 28.6 Å². The molecule has 2 aromatic rings. The first-order chi connectivity index (χ1) is 14.1. The Bertz CT molecular complexity index is 896. The number of rotatable bonds is 5.